The van der Waals surface area contributed by atoms with E-state index in [1.807, 2.05) is 44.4 Å². The minimum Gasteiger partial charge on any atom is -0.368 e. The van der Waals surface area contributed by atoms with Gasteiger partial charge in [-0.1, -0.05) is 42.1 Å². The molecule has 2 N–H and O–H groups in total. The average molecular weight is 343 g/mol. The van der Waals surface area contributed by atoms with E-state index in [9.17, 15) is 0 Å². The second kappa shape index (κ2) is 7.21. The standard InChI is InChI=1S/C14H17N9S/c1-22(2)13-17-11(16-12(15)18-13)9-24-14-19-20-21-23(14)8-10-6-4-3-5-7-10/h3-7H,8-9H2,1-2H3,(H2,15,16,17,18). The molecule has 2 aromatic heterocycles. The zero-order chi connectivity index (χ0) is 16.9. The van der Waals surface area contributed by atoms with Crippen molar-refractivity contribution in [1.82, 2.24) is 35.2 Å². The van der Waals surface area contributed by atoms with Crippen molar-refractivity contribution in [2.24, 2.45) is 0 Å². The number of nitrogens with zero attached hydrogens (tertiary/aromatic N) is 8. The van der Waals surface area contributed by atoms with E-state index < -0.39 is 0 Å². The summed E-state index contributed by atoms with van der Waals surface area (Å²) < 4.78 is 1.75. The number of rotatable bonds is 6. The van der Waals surface area contributed by atoms with Crippen molar-refractivity contribution < 1.29 is 0 Å². The number of nitrogen functional groups attached to an aromatic ring is 1. The van der Waals surface area contributed by atoms with Gasteiger partial charge in [-0.3, -0.25) is 0 Å². The number of anilines is 2. The first-order valence-electron chi connectivity index (χ1n) is 7.22. The zero-order valence-electron chi connectivity index (χ0n) is 13.4. The van der Waals surface area contributed by atoms with Gasteiger partial charge < -0.3 is 10.6 Å². The Morgan fingerprint density at radius 2 is 1.92 bits per heavy atom. The molecule has 2 heterocycles. The Balaban J connectivity index is 1.71. The summed E-state index contributed by atoms with van der Waals surface area (Å²) in [4.78, 5) is 14.4. The second-order valence-electron chi connectivity index (χ2n) is 5.20. The zero-order valence-corrected chi connectivity index (χ0v) is 14.2. The van der Waals surface area contributed by atoms with Crippen LogP contribution in [0, 0.1) is 0 Å². The molecule has 0 atom stereocenters. The van der Waals surface area contributed by atoms with E-state index in [1.165, 1.54) is 11.8 Å². The minimum atomic E-state index is 0.202. The number of nitrogens with two attached hydrogens (primary N) is 1. The maximum Gasteiger partial charge on any atom is 0.229 e. The van der Waals surface area contributed by atoms with Crippen LogP contribution in [0.4, 0.5) is 11.9 Å². The summed E-state index contributed by atoms with van der Waals surface area (Å²) in [5.41, 5.74) is 6.87. The van der Waals surface area contributed by atoms with Gasteiger partial charge in [-0.2, -0.15) is 15.0 Å². The molecule has 124 valence electrons. The van der Waals surface area contributed by atoms with Crippen molar-refractivity contribution in [1.29, 1.82) is 0 Å². The van der Waals surface area contributed by atoms with Crippen LogP contribution in [0.25, 0.3) is 0 Å². The summed E-state index contributed by atoms with van der Waals surface area (Å²) >= 11 is 1.46. The highest BCUT2D eigenvalue weighted by atomic mass is 32.2. The molecule has 3 aromatic rings. The molecule has 0 amide bonds. The maximum absolute atomic E-state index is 5.73. The van der Waals surface area contributed by atoms with Crippen LogP contribution in [-0.2, 0) is 12.3 Å². The number of aromatic nitrogens is 7. The predicted molar refractivity (Wildman–Crippen MR) is 91.5 cm³/mol. The van der Waals surface area contributed by atoms with Crippen molar-refractivity contribution >= 4 is 23.7 Å². The Kier molecular flexibility index (Phi) is 4.85. The lowest BCUT2D eigenvalue weighted by Gasteiger charge is -2.11. The lowest BCUT2D eigenvalue weighted by atomic mass is 10.2. The van der Waals surface area contributed by atoms with Gasteiger partial charge in [-0.25, -0.2) is 4.68 Å². The van der Waals surface area contributed by atoms with Crippen LogP contribution >= 0.6 is 11.8 Å². The summed E-state index contributed by atoms with van der Waals surface area (Å²) in [6.45, 7) is 0.610. The molecule has 0 bridgehead atoms. The van der Waals surface area contributed by atoms with Crippen molar-refractivity contribution in [2.45, 2.75) is 17.5 Å². The van der Waals surface area contributed by atoms with E-state index in [1.54, 1.807) is 9.58 Å². The molecule has 1 aromatic carbocycles. The minimum absolute atomic E-state index is 0.202. The number of hydrogen-bond donors (Lipinski definition) is 1. The van der Waals surface area contributed by atoms with E-state index in [2.05, 4.69) is 30.5 Å². The third-order valence-electron chi connectivity index (χ3n) is 3.09. The monoisotopic (exact) mass is 343 g/mol. The van der Waals surface area contributed by atoms with E-state index in [0.717, 1.165) is 5.56 Å². The van der Waals surface area contributed by atoms with E-state index in [4.69, 9.17) is 5.73 Å². The van der Waals surface area contributed by atoms with Crippen LogP contribution in [-0.4, -0.2) is 49.3 Å². The molecule has 0 aliphatic rings. The van der Waals surface area contributed by atoms with Gasteiger partial charge in [0.1, 0.15) is 5.82 Å². The maximum atomic E-state index is 5.73. The number of tetrazole rings is 1. The molecule has 0 saturated carbocycles. The highest BCUT2D eigenvalue weighted by Gasteiger charge is 2.11. The van der Waals surface area contributed by atoms with Crippen molar-refractivity contribution in [2.75, 3.05) is 24.7 Å². The molecule has 0 fully saturated rings. The van der Waals surface area contributed by atoms with E-state index in [-0.39, 0.29) is 5.95 Å². The Morgan fingerprint density at radius 1 is 1.12 bits per heavy atom. The van der Waals surface area contributed by atoms with Crippen LogP contribution < -0.4 is 10.6 Å². The quantitative estimate of drug-likeness (QED) is 0.651. The number of hydrogen-bond acceptors (Lipinski definition) is 9. The summed E-state index contributed by atoms with van der Waals surface area (Å²) in [5, 5.41) is 12.5. The molecular formula is C14H17N9S. The normalized spacial score (nSPS) is 10.8. The molecule has 24 heavy (non-hydrogen) atoms. The fourth-order valence-electron chi connectivity index (χ4n) is 1.97. The van der Waals surface area contributed by atoms with E-state index in [0.29, 0.717) is 29.2 Å². The highest BCUT2D eigenvalue weighted by Crippen LogP contribution is 2.20. The third kappa shape index (κ3) is 3.96. The molecular weight excluding hydrogens is 326 g/mol. The summed E-state index contributed by atoms with van der Waals surface area (Å²) in [6.07, 6.45) is 0. The molecule has 0 unspecified atom stereocenters. The molecule has 0 radical (unpaired) electrons. The predicted octanol–water partition coefficient (Wildman–Crippen LogP) is 0.847. The van der Waals surface area contributed by atoms with Gasteiger partial charge in [0.05, 0.1) is 12.3 Å². The molecule has 0 saturated heterocycles. The van der Waals surface area contributed by atoms with Crippen molar-refractivity contribution in [3.05, 3.63) is 41.7 Å². The first-order chi connectivity index (χ1) is 11.6. The van der Waals surface area contributed by atoms with Crippen molar-refractivity contribution in [3.63, 3.8) is 0 Å². The molecule has 0 spiro atoms. The largest absolute Gasteiger partial charge is 0.368 e. The average Bonchev–Trinajstić information content (AvgIpc) is 3.00. The van der Waals surface area contributed by atoms with Crippen LogP contribution in [0.5, 0.6) is 0 Å². The molecule has 0 aliphatic heterocycles. The Labute approximate surface area is 143 Å². The third-order valence-corrected chi connectivity index (χ3v) is 4.04. The molecule has 3 rings (SSSR count). The fraction of sp³-hybridized carbons (Fsp3) is 0.286. The smallest absolute Gasteiger partial charge is 0.229 e. The number of thioether (sulfide) groups is 1. The Hall–Kier alpha value is -2.75. The molecule has 9 nitrogen and oxygen atoms in total. The van der Waals surface area contributed by atoms with Crippen LogP contribution in [0.1, 0.15) is 11.4 Å². The topological polar surface area (TPSA) is 112 Å². The van der Waals surface area contributed by atoms with Gasteiger partial charge in [0.2, 0.25) is 17.1 Å². The highest BCUT2D eigenvalue weighted by molar-refractivity contribution is 7.98. The van der Waals surface area contributed by atoms with E-state index >= 15 is 0 Å². The first kappa shape index (κ1) is 16.1. The molecule has 0 aliphatic carbocycles. The van der Waals surface area contributed by atoms with Gasteiger partial charge in [0.25, 0.3) is 0 Å². The summed E-state index contributed by atoms with van der Waals surface area (Å²) in [6, 6.07) is 10.0. The SMILES string of the molecule is CN(C)c1nc(N)nc(CSc2nnnn2Cc2ccccc2)n1. The van der Waals surface area contributed by atoms with Crippen LogP contribution in [0.15, 0.2) is 35.5 Å². The van der Waals surface area contributed by atoms with Gasteiger partial charge in [0, 0.05) is 14.1 Å². The van der Waals surface area contributed by atoms with Gasteiger partial charge in [-0.05, 0) is 16.0 Å². The second-order valence-corrected chi connectivity index (χ2v) is 6.14. The lowest BCUT2D eigenvalue weighted by Crippen LogP contribution is -2.16. The van der Waals surface area contributed by atoms with Gasteiger partial charge >= 0.3 is 0 Å². The summed E-state index contributed by atoms with van der Waals surface area (Å²) in [5.74, 6) is 1.82. The fourth-order valence-corrected chi connectivity index (χ4v) is 2.71. The Morgan fingerprint density at radius 3 is 2.67 bits per heavy atom. The van der Waals surface area contributed by atoms with Crippen LogP contribution in [0.2, 0.25) is 0 Å². The van der Waals surface area contributed by atoms with Gasteiger partial charge in [-0.15, -0.1) is 5.10 Å². The number of benzene rings is 1. The first-order valence-corrected chi connectivity index (χ1v) is 8.21. The Bertz CT molecular complexity index is 803. The summed E-state index contributed by atoms with van der Waals surface area (Å²) in [7, 11) is 3.71. The van der Waals surface area contributed by atoms with Crippen molar-refractivity contribution in [3.8, 4) is 0 Å². The van der Waals surface area contributed by atoms with Crippen LogP contribution in [0.3, 0.4) is 0 Å². The van der Waals surface area contributed by atoms with Gasteiger partial charge in [0.15, 0.2) is 0 Å². The molecule has 10 heteroatoms. The lowest BCUT2D eigenvalue weighted by molar-refractivity contribution is 0.602.